The zero-order valence-corrected chi connectivity index (χ0v) is 24.6. The normalized spacial score (nSPS) is 30.7. The van der Waals surface area contributed by atoms with Crippen molar-refractivity contribution in [1.82, 2.24) is 25.0 Å². The van der Waals surface area contributed by atoms with Gasteiger partial charge in [-0.1, -0.05) is 25.0 Å². The summed E-state index contributed by atoms with van der Waals surface area (Å²) in [5, 5.41) is 14.7. The maximum atomic E-state index is 13.6. The van der Waals surface area contributed by atoms with E-state index in [1.807, 2.05) is 22.9 Å². The fourth-order valence-corrected chi connectivity index (χ4v) is 6.64. The van der Waals surface area contributed by atoms with Crippen LogP contribution in [0.4, 0.5) is 4.79 Å². The molecule has 0 spiro atoms. The molecule has 0 aromatic rings. The molecule has 4 aliphatic rings. The number of hydrogen-bond donors (Lipinski definition) is 4. The Kier molecular flexibility index (Phi) is 8.71. The summed E-state index contributed by atoms with van der Waals surface area (Å²) in [7, 11) is -4.35. The van der Waals surface area contributed by atoms with Gasteiger partial charge in [-0.25, -0.2) is 9.52 Å². The zero-order chi connectivity index (χ0) is 30.1. The Morgan fingerprint density at radius 3 is 2.54 bits per heavy atom. The van der Waals surface area contributed by atoms with E-state index in [0.717, 1.165) is 12.8 Å². The summed E-state index contributed by atoms with van der Waals surface area (Å²) in [5.74, 6) is -2.28. The Balaban J connectivity index is 1.53. The van der Waals surface area contributed by atoms with Crippen LogP contribution in [-0.4, -0.2) is 72.4 Å². The lowest BCUT2D eigenvalue weighted by Crippen LogP contribution is -2.59. The van der Waals surface area contributed by atoms with Gasteiger partial charge in [0.15, 0.2) is 0 Å². The van der Waals surface area contributed by atoms with Crippen molar-refractivity contribution < 1.29 is 32.3 Å². The number of ether oxygens (including phenoxy) is 1. The van der Waals surface area contributed by atoms with Gasteiger partial charge in [0.05, 0.1) is 6.07 Å². The summed E-state index contributed by atoms with van der Waals surface area (Å²) in [5.41, 5.74) is -3.47. The lowest BCUT2D eigenvalue weighted by atomic mass is 10.0. The third kappa shape index (κ3) is 7.56. The van der Waals surface area contributed by atoms with Gasteiger partial charge in [-0.05, 0) is 72.1 Å². The van der Waals surface area contributed by atoms with Gasteiger partial charge < -0.3 is 20.3 Å². The molecule has 4 amide bonds. The summed E-state index contributed by atoms with van der Waals surface area (Å²) in [6.07, 6.45) is 8.19. The predicted octanol–water partition coefficient (Wildman–Crippen LogP) is 1.27. The maximum Gasteiger partial charge on any atom is 0.408 e. The number of alkyl carbamates (subject to hydrolysis) is 1. The Morgan fingerprint density at radius 2 is 1.88 bits per heavy atom. The molecule has 0 aromatic heterocycles. The van der Waals surface area contributed by atoms with E-state index in [9.17, 15) is 32.9 Å². The lowest BCUT2D eigenvalue weighted by Gasteiger charge is -2.30. The van der Waals surface area contributed by atoms with Crippen molar-refractivity contribution in [1.29, 1.82) is 5.26 Å². The van der Waals surface area contributed by atoms with Crippen LogP contribution in [0.2, 0.25) is 0 Å². The number of hydrogen-bond acceptors (Lipinski definition) is 8. The number of carbonyl (C=O) groups excluding carboxylic acids is 4. The van der Waals surface area contributed by atoms with Gasteiger partial charge in [0.25, 0.3) is 5.91 Å². The molecule has 0 bridgehead atoms. The molecule has 4 N–H and O–H groups in total. The van der Waals surface area contributed by atoms with E-state index in [4.69, 9.17) is 4.74 Å². The number of nitrogens with zero attached hydrogens (tertiary/aromatic N) is 2. The van der Waals surface area contributed by atoms with E-state index in [0.29, 0.717) is 51.5 Å². The van der Waals surface area contributed by atoms with Crippen molar-refractivity contribution in [2.45, 2.75) is 114 Å². The minimum atomic E-state index is -4.35. The van der Waals surface area contributed by atoms with Gasteiger partial charge in [0.1, 0.15) is 28.8 Å². The molecule has 0 radical (unpaired) electrons. The number of amides is 4. The van der Waals surface area contributed by atoms with Gasteiger partial charge in [-0.15, -0.1) is 0 Å². The highest BCUT2D eigenvalue weighted by atomic mass is 32.2. The van der Waals surface area contributed by atoms with Crippen LogP contribution in [0, 0.1) is 17.2 Å². The fraction of sp³-hybridized carbons (Fsp3) is 0.741. The van der Waals surface area contributed by atoms with E-state index in [-0.39, 0.29) is 6.42 Å². The SMILES string of the molecule is CC(C)(C)OC(=O)N[C@H]1CCCCC/C=C\[C@H]2C[C@@]2(C(=O)NS(=O)(=O)NC2(C#N)CC2)NC(=O)[C@@H]2CCCN2C1=O. The monoisotopic (exact) mass is 592 g/mol. The fourth-order valence-electron chi connectivity index (χ4n) is 5.40. The zero-order valence-electron chi connectivity index (χ0n) is 23.8. The molecule has 1 saturated heterocycles. The van der Waals surface area contributed by atoms with Gasteiger partial charge >= 0.3 is 16.3 Å². The van der Waals surface area contributed by atoms with Gasteiger partial charge in [0.2, 0.25) is 11.8 Å². The second kappa shape index (κ2) is 11.6. The first-order valence-electron chi connectivity index (χ1n) is 14.3. The quantitative estimate of drug-likeness (QED) is 0.344. The first-order valence-corrected chi connectivity index (χ1v) is 15.7. The largest absolute Gasteiger partial charge is 0.444 e. The molecule has 0 unspecified atom stereocenters. The number of allylic oxidation sites excluding steroid dienone is 1. The molecule has 4 rings (SSSR count). The minimum absolute atomic E-state index is 0.198. The van der Waals surface area contributed by atoms with Crippen LogP contribution in [-0.2, 0) is 29.3 Å². The topological polar surface area (TPSA) is 187 Å². The average molecular weight is 593 g/mol. The molecule has 226 valence electrons. The molecule has 2 heterocycles. The second-order valence-corrected chi connectivity index (χ2v) is 13.9. The van der Waals surface area contributed by atoms with Crippen LogP contribution < -0.4 is 20.1 Å². The highest BCUT2D eigenvalue weighted by Crippen LogP contribution is 2.46. The minimum Gasteiger partial charge on any atom is -0.444 e. The summed E-state index contributed by atoms with van der Waals surface area (Å²) in [6.45, 7) is 5.49. The van der Waals surface area contributed by atoms with Crippen LogP contribution in [0.5, 0.6) is 0 Å². The number of rotatable bonds is 5. The van der Waals surface area contributed by atoms with Gasteiger partial charge in [-0.3, -0.25) is 14.4 Å². The van der Waals surface area contributed by atoms with Crippen molar-refractivity contribution in [3.05, 3.63) is 12.2 Å². The molecular weight excluding hydrogens is 552 g/mol. The summed E-state index contributed by atoms with van der Waals surface area (Å²) in [4.78, 5) is 54.5. The van der Waals surface area contributed by atoms with Crippen LogP contribution in [0.1, 0.15) is 85.0 Å². The van der Waals surface area contributed by atoms with Crippen LogP contribution in [0.15, 0.2) is 12.2 Å². The Hall–Kier alpha value is -3.18. The molecule has 0 aromatic carbocycles. The number of fused-ring (bicyclic) bond motifs is 2. The number of nitriles is 1. The van der Waals surface area contributed by atoms with Gasteiger partial charge in [-0.2, -0.15) is 18.4 Å². The van der Waals surface area contributed by atoms with Crippen LogP contribution in [0.3, 0.4) is 0 Å². The smallest absolute Gasteiger partial charge is 0.408 e. The average Bonchev–Trinajstić information content (AvgIpc) is 3.72. The summed E-state index contributed by atoms with van der Waals surface area (Å²) < 4.78 is 34.9. The third-order valence-electron chi connectivity index (χ3n) is 7.85. The second-order valence-electron chi connectivity index (χ2n) is 12.5. The highest BCUT2D eigenvalue weighted by Gasteiger charge is 2.61. The molecule has 14 heteroatoms. The van der Waals surface area contributed by atoms with E-state index < -0.39 is 68.7 Å². The van der Waals surface area contributed by atoms with Crippen molar-refractivity contribution in [2.75, 3.05) is 6.54 Å². The van der Waals surface area contributed by atoms with Crippen molar-refractivity contribution in [2.24, 2.45) is 5.92 Å². The molecule has 2 aliphatic heterocycles. The van der Waals surface area contributed by atoms with Crippen molar-refractivity contribution in [3.8, 4) is 6.07 Å². The first kappa shape index (κ1) is 30.8. The van der Waals surface area contributed by atoms with Crippen molar-refractivity contribution >= 4 is 34.0 Å². The van der Waals surface area contributed by atoms with E-state index in [2.05, 4.69) is 15.4 Å². The van der Waals surface area contributed by atoms with E-state index in [1.165, 1.54) is 4.90 Å². The van der Waals surface area contributed by atoms with Crippen LogP contribution in [0.25, 0.3) is 0 Å². The molecular formula is C27H40N6O7S. The summed E-state index contributed by atoms with van der Waals surface area (Å²) in [6, 6.07) is 0.153. The van der Waals surface area contributed by atoms with Gasteiger partial charge in [0, 0.05) is 12.5 Å². The van der Waals surface area contributed by atoms with Crippen molar-refractivity contribution in [3.63, 3.8) is 0 Å². The van der Waals surface area contributed by atoms with Crippen LogP contribution >= 0.6 is 0 Å². The Morgan fingerprint density at radius 1 is 1.15 bits per heavy atom. The molecule has 2 saturated carbocycles. The number of nitrogens with one attached hydrogen (secondary N) is 4. The number of carbonyl (C=O) groups is 4. The molecule has 3 fully saturated rings. The molecule has 4 atom stereocenters. The Bertz CT molecular complexity index is 1250. The highest BCUT2D eigenvalue weighted by molar-refractivity contribution is 7.88. The first-order chi connectivity index (χ1) is 19.2. The predicted molar refractivity (Wildman–Crippen MR) is 147 cm³/mol. The maximum absolute atomic E-state index is 13.6. The molecule has 41 heavy (non-hydrogen) atoms. The molecule has 2 aliphatic carbocycles. The standard InChI is InChI=1S/C27H40N6O7S/c1-25(2,3)40-24(37)29-19-11-8-6-4-5-7-10-18-16-27(18,30-21(34)20-12-9-15-33(20)22(19)35)23(36)31-41(38,39)32-26(17-28)13-14-26/h7,10,18-20,32H,4-6,8-9,11-16H2,1-3H3,(H,29,37)(H,30,34)(H,31,36)/b10-7-/t18-,19-,20-,27+/m0/s1. The Labute approximate surface area is 241 Å². The van der Waals surface area contributed by atoms with E-state index in [1.54, 1.807) is 20.8 Å². The summed E-state index contributed by atoms with van der Waals surface area (Å²) >= 11 is 0. The molecule has 13 nitrogen and oxygen atoms in total. The van der Waals surface area contributed by atoms with E-state index >= 15 is 0 Å². The third-order valence-corrected chi connectivity index (χ3v) is 8.96. The lowest BCUT2D eigenvalue weighted by molar-refractivity contribution is -0.141.